The van der Waals surface area contributed by atoms with Gasteiger partial charge in [0.25, 0.3) is 0 Å². The Morgan fingerprint density at radius 3 is 3.05 bits per heavy atom. The van der Waals surface area contributed by atoms with Crippen molar-refractivity contribution in [3.05, 3.63) is 34.9 Å². The second-order valence-corrected chi connectivity index (χ2v) is 6.03. The van der Waals surface area contributed by atoms with Gasteiger partial charge in [0.2, 0.25) is 5.91 Å². The molecule has 0 radical (unpaired) electrons. The highest BCUT2D eigenvalue weighted by Gasteiger charge is 2.22. The number of nitrogens with one attached hydrogen (secondary N) is 1. The lowest BCUT2D eigenvalue weighted by molar-refractivity contribution is -0.121. The van der Waals surface area contributed by atoms with Crippen LogP contribution in [0.4, 0.5) is 0 Å². The van der Waals surface area contributed by atoms with Crippen LogP contribution in [0.2, 0.25) is 5.02 Å². The predicted molar refractivity (Wildman–Crippen MR) is 86.2 cm³/mol. The number of carbonyl (C=O) groups is 1. The van der Waals surface area contributed by atoms with Gasteiger partial charge in [0.05, 0.1) is 0 Å². The van der Waals surface area contributed by atoms with Crippen molar-refractivity contribution in [3.63, 3.8) is 0 Å². The number of nitrogens with zero attached hydrogens (tertiary/aromatic N) is 1. The third-order valence-electron chi connectivity index (χ3n) is 3.93. The van der Waals surface area contributed by atoms with Crippen LogP contribution < -0.4 is 11.1 Å². The highest BCUT2D eigenvalue weighted by atomic mass is 35.5. The molecule has 5 heteroatoms. The fourth-order valence-electron chi connectivity index (χ4n) is 2.82. The summed E-state index contributed by atoms with van der Waals surface area (Å²) in [5, 5.41) is 3.77. The summed E-state index contributed by atoms with van der Waals surface area (Å²) in [4.78, 5) is 14.0. The largest absolute Gasteiger partial charge is 0.354 e. The lowest BCUT2D eigenvalue weighted by Crippen LogP contribution is -2.46. The van der Waals surface area contributed by atoms with E-state index in [9.17, 15) is 4.79 Å². The van der Waals surface area contributed by atoms with Gasteiger partial charge in [0, 0.05) is 37.1 Å². The van der Waals surface area contributed by atoms with Crippen LogP contribution in [0, 0.1) is 0 Å². The molecule has 21 heavy (non-hydrogen) atoms. The zero-order chi connectivity index (χ0) is 15.1. The first-order valence-corrected chi connectivity index (χ1v) is 8.02. The Kier molecular flexibility index (Phi) is 6.49. The SMILES string of the molecule is NCCC(=O)NCC1CCCCN1Cc1cccc(Cl)c1. The van der Waals surface area contributed by atoms with E-state index in [1.54, 1.807) is 0 Å². The van der Waals surface area contributed by atoms with Crippen molar-refractivity contribution >= 4 is 17.5 Å². The molecule has 0 aromatic heterocycles. The van der Waals surface area contributed by atoms with E-state index in [1.807, 2.05) is 18.2 Å². The van der Waals surface area contributed by atoms with Gasteiger partial charge in [-0.2, -0.15) is 0 Å². The first-order valence-electron chi connectivity index (χ1n) is 7.64. The minimum atomic E-state index is 0.0470. The number of nitrogens with two attached hydrogens (primary N) is 1. The predicted octanol–water partition coefficient (Wildman–Crippen LogP) is 2.16. The molecule has 2 rings (SSSR count). The Balaban J connectivity index is 1.90. The van der Waals surface area contributed by atoms with Gasteiger partial charge < -0.3 is 11.1 Å². The van der Waals surface area contributed by atoms with Gasteiger partial charge in [-0.05, 0) is 37.1 Å². The van der Waals surface area contributed by atoms with Crippen LogP contribution in [0.3, 0.4) is 0 Å². The third kappa shape index (κ3) is 5.30. The molecule has 4 nitrogen and oxygen atoms in total. The van der Waals surface area contributed by atoms with E-state index in [4.69, 9.17) is 17.3 Å². The van der Waals surface area contributed by atoms with E-state index in [0.717, 1.165) is 24.5 Å². The number of likely N-dealkylation sites (tertiary alicyclic amines) is 1. The third-order valence-corrected chi connectivity index (χ3v) is 4.17. The summed E-state index contributed by atoms with van der Waals surface area (Å²) in [5.41, 5.74) is 6.62. The van der Waals surface area contributed by atoms with Crippen LogP contribution >= 0.6 is 11.6 Å². The van der Waals surface area contributed by atoms with Gasteiger partial charge in [-0.15, -0.1) is 0 Å². The zero-order valence-electron chi connectivity index (χ0n) is 12.4. The average Bonchev–Trinajstić information content (AvgIpc) is 2.47. The number of benzene rings is 1. The summed E-state index contributed by atoms with van der Waals surface area (Å²) in [7, 11) is 0. The van der Waals surface area contributed by atoms with Crippen molar-refractivity contribution in [1.82, 2.24) is 10.2 Å². The van der Waals surface area contributed by atoms with E-state index in [-0.39, 0.29) is 5.91 Å². The van der Waals surface area contributed by atoms with Crippen LogP contribution in [0.5, 0.6) is 0 Å². The van der Waals surface area contributed by atoms with Gasteiger partial charge in [0.15, 0.2) is 0 Å². The maximum Gasteiger partial charge on any atom is 0.221 e. The van der Waals surface area contributed by atoms with E-state index in [1.165, 1.54) is 18.4 Å². The number of hydrogen-bond donors (Lipinski definition) is 2. The van der Waals surface area contributed by atoms with Crippen LogP contribution in [-0.4, -0.2) is 36.5 Å². The second-order valence-electron chi connectivity index (χ2n) is 5.59. The van der Waals surface area contributed by atoms with Crippen molar-refractivity contribution in [3.8, 4) is 0 Å². The molecule has 1 saturated heterocycles. The Hall–Kier alpha value is -1.10. The average molecular weight is 310 g/mol. The lowest BCUT2D eigenvalue weighted by Gasteiger charge is -2.36. The van der Waals surface area contributed by atoms with E-state index < -0.39 is 0 Å². The maximum atomic E-state index is 11.6. The topological polar surface area (TPSA) is 58.4 Å². The van der Waals surface area contributed by atoms with Crippen molar-refractivity contribution in [2.24, 2.45) is 5.73 Å². The van der Waals surface area contributed by atoms with Crippen molar-refractivity contribution < 1.29 is 4.79 Å². The number of halogens is 1. The molecule has 1 fully saturated rings. The molecule has 1 aliphatic heterocycles. The number of rotatable bonds is 6. The van der Waals surface area contributed by atoms with Gasteiger partial charge in [0.1, 0.15) is 0 Å². The van der Waals surface area contributed by atoms with Crippen LogP contribution in [0.1, 0.15) is 31.2 Å². The standard InChI is InChI=1S/C16H24ClN3O/c17-14-5-3-4-13(10-14)12-20-9-2-1-6-15(20)11-19-16(21)7-8-18/h3-5,10,15H,1-2,6-9,11-12,18H2,(H,19,21). The number of hydrogen-bond acceptors (Lipinski definition) is 3. The Bertz CT molecular complexity index is 467. The van der Waals surface area contributed by atoms with Gasteiger partial charge >= 0.3 is 0 Å². The highest BCUT2D eigenvalue weighted by Crippen LogP contribution is 2.20. The maximum absolute atomic E-state index is 11.6. The summed E-state index contributed by atoms with van der Waals surface area (Å²) in [6, 6.07) is 8.40. The van der Waals surface area contributed by atoms with Crippen molar-refractivity contribution in [2.45, 2.75) is 38.3 Å². The smallest absolute Gasteiger partial charge is 0.221 e. The minimum Gasteiger partial charge on any atom is -0.354 e. The Morgan fingerprint density at radius 2 is 2.29 bits per heavy atom. The summed E-state index contributed by atoms with van der Waals surface area (Å²) in [6.07, 6.45) is 3.97. The first-order chi connectivity index (χ1) is 10.2. The van der Waals surface area contributed by atoms with Crippen LogP contribution in [-0.2, 0) is 11.3 Å². The molecule has 1 amide bonds. The van der Waals surface area contributed by atoms with Crippen LogP contribution in [0.15, 0.2) is 24.3 Å². The van der Waals surface area contributed by atoms with Gasteiger partial charge in [-0.1, -0.05) is 30.2 Å². The first kappa shape index (κ1) is 16.3. The summed E-state index contributed by atoms with van der Waals surface area (Å²) < 4.78 is 0. The second kappa shape index (κ2) is 8.37. The fraction of sp³-hybridized carbons (Fsp3) is 0.562. The number of carbonyl (C=O) groups excluding carboxylic acids is 1. The summed E-state index contributed by atoms with van der Waals surface area (Å²) in [5.74, 6) is 0.0470. The van der Waals surface area contributed by atoms with E-state index >= 15 is 0 Å². The van der Waals surface area contributed by atoms with Crippen molar-refractivity contribution in [1.29, 1.82) is 0 Å². The minimum absolute atomic E-state index is 0.0470. The van der Waals surface area contributed by atoms with Crippen LogP contribution in [0.25, 0.3) is 0 Å². The van der Waals surface area contributed by atoms with Gasteiger partial charge in [-0.25, -0.2) is 0 Å². The number of amides is 1. The fourth-order valence-corrected chi connectivity index (χ4v) is 3.03. The number of piperidine rings is 1. The molecule has 1 aliphatic rings. The normalized spacial score (nSPS) is 19.4. The molecule has 1 aromatic carbocycles. The highest BCUT2D eigenvalue weighted by molar-refractivity contribution is 6.30. The molecule has 1 unspecified atom stereocenters. The molecule has 0 spiro atoms. The van der Waals surface area contributed by atoms with Crippen molar-refractivity contribution in [2.75, 3.05) is 19.6 Å². The molecule has 3 N–H and O–H groups in total. The molecule has 1 heterocycles. The summed E-state index contributed by atoms with van der Waals surface area (Å²) in [6.45, 7) is 3.07. The van der Waals surface area contributed by atoms with Gasteiger partial charge in [-0.3, -0.25) is 9.69 Å². The lowest BCUT2D eigenvalue weighted by atomic mass is 10.0. The summed E-state index contributed by atoms with van der Waals surface area (Å²) >= 11 is 6.05. The molecule has 0 bridgehead atoms. The monoisotopic (exact) mass is 309 g/mol. The molecule has 116 valence electrons. The molecule has 1 aromatic rings. The Morgan fingerprint density at radius 1 is 1.43 bits per heavy atom. The molecule has 0 saturated carbocycles. The molecular weight excluding hydrogens is 286 g/mol. The Labute approximate surface area is 131 Å². The zero-order valence-corrected chi connectivity index (χ0v) is 13.1. The van der Waals surface area contributed by atoms with E-state index in [0.29, 0.717) is 25.6 Å². The molecule has 1 atom stereocenters. The van der Waals surface area contributed by atoms with E-state index in [2.05, 4.69) is 16.3 Å². The molecular formula is C16H24ClN3O. The molecule has 0 aliphatic carbocycles. The quantitative estimate of drug-likeness (QED) is 0.846.